The van der Waals surface area contributed by atoms with E-state index in [1.54, 1.807) is 0 Å². The van der Waals surface area contributed by atoms with Gasteiger partial charge in [0.15, 0.2) is 0 Å². The maximum atomic E-state index is 12.2. The van der Waals surface area contributed by atoms with E-state index in [1.165, 1.54) is 11.0 Å². The molecule has 1 fully saturated rings. The number of hydrogen-bond donors (Lipinski definition) is 1. The molecule has 1 aromatic heterocycles. The van der Waals surface area contributed by atoms with Crippen LogP contribution in [0.4, 0.5) is 5.69 Å². The molecule has 7 heteroatoms. The lowest BCUT2D eigenvalue weighted by molar-refractivity contribution is -0.133. The fourth-order valence-electron chi connectivity index (χ4n) is 2.58. The Morgan fingerprint density at radius 1 is 1.33 bits per heavy atom. The quantitative estimate of drug-likeness (QED) is 0.898. The summed E-state index contributed by atoms with van der Waals surface area (Å²) < 4.78 is 1.45. The molecule has 1 atom stereocenters. The van der Waals surface area contributed by atoms with Crippen molar-refractivity contribution < 1.29 is 4.79 Å². The van der Waals surface area contributed by atoms with Crippen LogP contribution >= 0.6 is 0 Å². The van der Waals surface area contributed by atoms with Gasteiger partial charge >= 0.3 is 0 Å². The maximum Gasteiger partial charge on any atom is 0.244 e. The molecular weight excluding hydrogens is 268 g/mol. The van der Waals surface area contributed by atoms with Gasteiger partial charge in [0, 0.05) is 24.8 Å². The summed E-state index contributed by atoms with van der Waals surface area (Å²) in [6.45, 7) is 1.72. The maximum absolute atomic E-state index is 12.2. The minimum Gasteiger partial charge on any atom is -0.381 e. The number of carbonyl (C=O) groups is 1. The highest BCUT2D eigenvalue weighted by Crippen LogP contribution is 2.16. The summed E-state index contributed by atoms with van der Waals surface area (Å²) in [4.78, 5) is 14.1. The number of hydrogen-bond acceptors (Lipinski definition) is 5. The summed E-state index contributed by atoms with van der Waals surface area (Å²) in [5, 5.41) is 14.3. The van der Waals surface area contributed by atoms with Gasteiger partial charge in [-0.2, -0.15) is 0 Å². The van der Waals surface area contributed by atoms with Crippen molar-refractivity contribution in [3.05, 3.63) is 36.7 Å². The number of aromatic nitrogens is 4. The molecule has 110 valence electrons. The van der Waals surface area contributed by atoms with Crippen molar-refractivity contribution in [3.63, 3.8) is 0 Å². The first kappa shape index (κ1) is 13.5. The van der Waals surface area contributed by atoms with Crippen LogP contribution in [0.3, 0.4) is 0 Å². The Kier molecular flexibility index (Phi) is 4.09. The number of likely N-dealkylation sites (tertiary alicyclic amines) is 1. The van der Waals surface area contributed by atoms with Crippen molar-refractivity contribution in [3.8, 4) is 0 Å². The number of amides is 1. The van der Waals surface area contributed by atoms with E-state index in [9.17, 15) is 4.79 Å². The molecule has 1 N–H and O–H groups in total. The van der Waals surface area contributed by atoms with E-state index < -0.39 is 0 Å². The fraction of sp³-hybridized carbons (Fsp3) is 0.429. The second-order valence-electron chi connectivity index (χ2n) is 5.20. The van der Waals surface area contributed by atoms with Crippen LogP contribution in [0, 0.1) is 0 Å². The lowest BCUT2D eigenvalue weighted by Gasteiger charge is -2.33. The van der Waals surface area contributed by atoms with Gasteiger partial charge in [0.05, 0.1) is 0 Å². The molecule has 0 bridgehead atoms. The SMILES string of the molecule is O=C(Cn1cnnn1)N1CCC[C@H](Nc2ccccc2)C1. The monoisotopic (exact) mass is 286 g/mol. The van der Waals surface area contributed by atoms with Crippen LogP contribution in [0.25, 0.3) is 0 Å². The normalized spacial score (nSPS) is 18.5. The second-order valence-corrected chi connectivity index (χ2v) is 5.20. The number of tetrazole rings is 1. The highest BCUT2D eigenvalue weighted by Gasteiger charge is 2.23. The summed E-state index contributed by atoms with van der Waals surface area (Å²) in [5.41, 5.74) is 1.09. The van der Waals surface area contributed by atoms with Gasteiger partial charge in [-0.15, -0.1) is 5.10 Å². The predicted molar refractivity (Wildman–Crippen MR) is 77.5 cm³/mol. The molecule has 0 aliphatic carbocycles. The number of piperidine rings is 1. The van der Waals surface area contributed by atoms with E-state index in [4.69, 9.17) is 0 Å². The molecule has 1 saturated heterocycles. The molecule has 0 saturated carbocycles. The van der Waals surface area contributed by atoms with E-state index in [0.29, 0.717) is 6.04 Å². The molecule has 21 heavy (non-hydrogen) atoms. The van der Waals surface area contributed by atoms with Crippen LogP contribution in [0.2, 0.25) is 0 Å². The zero-order valence-corrected chi connectivity index (χ0v) is 11.7. The molecule has 1 aromatic carbocycles. The zero-order chi connectivity index (χ0) is 14.5. The smallest absolute Gasteiger partial charge is 0.244 e. The third-order valence-electron chi connectivity index (χ3n) is 3.61. The minimum atomic E-state index is 0.0573. The first-order valence-electron chi connectivity index (χ1n) is 7.11. The van der Waals surface area contributed by atoms with Crippen molar-refractivity contribution in [1.29, 1.82) is 0 Å². The van der Waals surface area contributed by atoms with Crippen LogP contribution in [0.5, 0.6) is 0 Å². The fourth-order valence-corrected chi connectivity index (χ4v) is 2.58. The third kappa shape index (κ3) is 3.56. The first-order valence-corrected chi connectivity index (χ1v) is 7.11. The van der Waals surface area contributed by atoms with Crippen LogP contribution in [-0.4, -0.2) is 50.1 Å². The molecule has 1 aliphatic heterocycles. The summed E-state index contributed by atoms with van der Waals surface area (Å²) in [6, 6.07) is 10.4. The number of benzene rings is 1. The molecule has 0 unspecified atom stereocenters. The van der Waals surface area contributed by atoms with Gasteiger partial charge in [0.1, 0.15) is 12.9 Å². The molecule has 2 aromatic rings. The topological polar surface area (TPSA) is 75.9 Å². The Morgan fingerprint density at radius 2 is 2.19 bits per heavy atom. The van der Waals surface area contributed by atoms with Crippen molar-refractivity contribution >= 4 is 11.6 Å². The van der Waals surface area contributed by atoms with Gasteiger partial charge in [-0.3, -0.25) is 4.79 Å². The van der Waals surface area contributed by atoms with E-state index in [2.05, 4.69) is 20.8 Å². The average molecular weight is 286 g/mol. The molecule has 0 spiro atoms. The number of nitrogens with zero attached hydrogens (tertiary/aromatic N) is 5. The number of anilines is 1. The average Bonchev–Trinajstić information content (AvgIpc) is 3.01. The van der Waals surface area contributed by atoms with Gasteiger partial charge in [-0.1, -0.05) is 18.2 Å². The molecule has 1 amide bonds. The number of nitrogens with one attached hydrogen (secondary N) is 1. The minimum absolute atomic E-state index is 0.0573. The van der Waals surface area contributed by atoms with Crippen molar-refractivity contribution in [1.82, 2.24) is 25.1 Å². The highest BCUT2D eigenvalue weighted by molar-refractivity contribution is 5.76. The van der Waals surface area contributed by atoms with Gasteiger partial charge in [-0.25, -0.2) is 4.68 Å². The largest absolute Gasteiger partial charge is 0.381 e. The second kappa shape index (κ2) is 6.34. The predicted octanol–water partition coefficient (Wildman–Crippen LogP) is 0.776. The standard InChI is InChI=1S/C14H18N6O/c21-14(10-20-11-15-17-18-20)19-8-4-7-13(9-19)16-12-5-2-1-3-6-12/h1-3,5-6,11,13,16H,4,7-10H2/t13-/m0/s1. The molecule has 3 rings (SSSR count). The molecule has 1 aliphatic rings. The Morgan fingerprint density at radius 3 is 2.95 bits per heavy atom. The van der Waals surface area contributed by atoms with Crippen molar-refractivity contribution in [2.75, 3.05) is 18.4 Å². The lowest BCUT2D eigenvalue weighted by atomic mass is 10.1. The van der Waals surface area contributed by atoms with Gasteiger partial charge in [0.2, 0.25) is 5.91 Å². The van der Waals surface area contributed by atoms with Crippen LogP contribution in [0.15, 0.2) is 36.7 Å². The number of rotatable bonds is 4. The Balaban J connectivity index is 1.56. The molecule has 2 heterocycles. The Labute approximate surface area is 122 Å². The summed E-state index contributed by atoms with van der Waals surface area (Å²) in [5.74, 6) is 0.0573. The van der Waals surface area contributed by atoms with E-state index in [1.807, 2.05) is 35.2 Å². The summed E-state index contributed by atoms with van der Waals surface area (Å²) in [7, 11) is 0. The van der Waals surface area contributed by atoms with E-state index >= 15 is 0 Å². The van der Waals surface area contributed by atoms with Crippen LogP contribution in [0.1, 0.15) is 12.8 Å². The van der Waals surface area contributed by atoms with Crippen LogP contribution in [-0.2, 0) is 11.3 Å². The van der Waals surface area contributed by atoms with Crippen molar-refractivity contribution in [2.45, 2.75) is 25.4 Å². The van der Waals surface area contributed by atoms with Crippen LogP contribution < -0.4 is 5.32 Å². The lowest BCUT2D eigenvalue weighted by Crippen LogP contribution is -2.46. The zero-order valence-electron chi connectivity index (χ0n) is 11.7. The third-order valence-corrected chi connectivity index (χ3v) is 3.61. The van der Waals surface area contributed by atoms with Gasteiger partial charge < -0.3 is 10.2 Å². The van der Waals surface area contributed by atoms with Crippen molar-refractivity contribution in [2.24, 2.45) is 0 Å². The summed E-state index contributed by atoms with van der Waals surface area (Å²) in [6.07, 6.45) is 3.54. The number of para-hydroxylation sites is 1. The Hall–Kier alpha value is -2.44. The highest BCUT2D eigenvalue weighted by atomic mass is 16.2. The molecule has 0 radical (unpaired) electrons. The molecule has 7 nitrogen and oxygen atoms in total. The van der Waals surface area contributed by atoms with Gasteiger partial charge in [0.25, 0.3) is 0 Å². The summed E-state index contributed by atoms with van der Waals surface area (Å²) >= 11 is 0. The first-order chi connectivity index (χ1) is 10.3. The van der Waals surface area contributed by atoms with Gasteiger partial charge in [-0.05, 0) is 35.4 Å². The van der Waals surface area contributed by atoms with E-state index in [-0.39, 0.29) is 12.5 Å². The van der Waals surface area contributed by atoms with E-state index in [0.717, 1.165) is 31.6 Å². The molecular formula is C14H18N6O. The Bertz CT molecular complexity index is 570. The number of carbonyl (C=O) groups excluding carboxylic acids is 1.